The highest BCUT2D eigenvalue weighted by Gasteiger charge is 2.15. The standard InChI is InChI=1S/C24H24FN3OS/c1-24(2,3)27-30-21-9-6-5-8-17(21)16-12-13-18(19(25)14-16)20-15-28-22(26-20)10-7-11-23(28)29-4/h5-15,27H,1-4H3. The fourth-order valence-corrected chi connectivity index (χ4v) is 4.03. The molecule has 4 aromatic rings. The van der Waals surface area contributed by atoms with E-state index in [1.807, 2.05) is 52.9 Å². The average molecular weight is 422 g/mol. The van der Waals surface area contributed by atoms with E-state index < -0.39 is 0 Å². The third-order valence-electron chi connectivity index (χ3n) is 4.57. The van der Waals surface area contributed by atoms with E-state index in [1.54, 1.807) is 37.4 Å². The summed E-state index contributed by atoms with van der Waals surface area (Å²) in [7, 11) is 1.60. The molecule has 0 radical (unpaired) electrons. The zero-order valence-corrected chi connectivity index (χ0v) is 18.3. The molecule has 2 aromatic heterocycles. The molecule has 0 atom stereocenters. The summed E-state index contributed by atoms with van der Waals surface area (Å²) in [6.07, 6.45) is 1.79. The van der Waals surface area contributed by atoms with Crippen LogP contribution in [0.5, 0.6) is 5.88 Å². The number of halogens is 1. The molecular weight excluding hydrogens is 397 g/mol. The largest absolute Gasteiger partial charge is 0.482 e. The Hall–Kier alpha value is -2.83. The molecule has 1 N–H and O–H groups in total. The molecule has 0 saturated carbocycles. The van der Waals surface area contributed by atoms with Crippen molar-refractivity contribution in [1.29, 1.82) is 0 Å². The van der Waals surface area contributed by atoms with Gasteiger partial charge < -0.3 is 4.74 Å². The maximum Gasteiger partial charge on any atom is 0.198 e. The highest BCUT2D eigenvalue weighted by atomic mass is 32.2. The van der Waals surface area contributed by atoms with Crippen LogP contribution in [0.1, 0.15) is 20.8 Å². The van der Waals surface area contributed by atoms with Crippen molar-refractivity contribution in [2.75, 3.05) is 7.11 Å². The molecule has 6 heteroatoms. The zero-order chi connectivity index (χ0) is 21.3. The van der Waals surface area contributed by atoms with Gasteiger partial charge in [-0.05, 0) is 74.2 Å². The highest BCUT2D eigenvalue weighted by molar-refractivity contribution is 7.97. The SMILES string of the molecule is COc1cccc2nc(-c3ccc(-c4ccccc4SNC(C)(C)C)cc3F)cn12. The Morgan fingerprint density at radius 3 is 2.53 bits per heavy atom. The van der Waals surface area contributed by atoms with Crippen LogP contribution in [0.3, 0.4) is 0 Å². The molecule has 4 nitrogen and oxygen atoms in total. The van der Waals surface area contributed by atoms with Crippen LogP contribution < -0.4 is 9.46 Å². The molecule has 4 rings (SSSR count). The summed E-state index contributed by atoms with van der Waals surface area (Å²) in [5, 5.41) is 0. The van der Waals surface area contributed by atoms with Crippen LogP contribution in [-0.4, -0.2) is 22.0 Å². The first kappa shape index (κ1) is 20.4. The lowest BCUT2D eigenvalue weighted by Gasteiger charge is -2.20. The molecule has 0 unspecified atom stereocenters. The van der Waals surface area contributed by atoms with Crippen molar-refractivity contribution in [2.45, 2.75) is 31.2 Å². The van der Waals surface area contributed by atoms with E-state index in [2.05, 4.69) is 30.5 Å². The van der Waals surface area contributed by atoms with E-state index in [0.717, 1.165) is 16.0 Å². The van der Waals surface area contributed by atoms with Crippen molar-refractivity contribution in [3.63, 3.8) is 0 Å². The van der Waals surface area contributed by atoms with Gasteiger partial charge in [0.05, 0.1) is 12.8 Å². The van der Waals surface area contributed by atoms with Gasteiger partial charge in [0.2, 0.25) is 0 Å². The molecule has 0 bridgehead atoms. The Kier molecular flexibility index (Phi) is 5.54. The van der Waals surface area contributed by atoms with Crippen LogP contribution in [0.25, 0.3) is 28.0 Å². The van der Waals surface area contributed by atoms with Crippen LogP contribution in [-0.2, 0) is 0 Å². The average Bonchev–Trinajstić information content (AvgIpc) is 3.16. The Labute approximate surface area is 180 Å². The van der Waals surface area contributed by atoms with Gasteiger partial charge in [-0.15, -0.1) is 0 Å². The smallest absolute Gasteiger partial charge is 0.198 e. The number of fused-ring (bicyclic) bond motifs is 1. The van der Waals surface area contributed by atoms with Crippen molar-refractivity contribution in [3.8, 4) is 28.3 Å². The molecule has 0 saturated heterocycles. The number of aromatic nitrogens is 2. The minimum Gasteiger partial charge on any atom is -0.482 e. The van der Waals surface area contributed by atoms with Gasteiger partial charge in [-0.25, -0.2) is 9.37 Å². The topological polar surface area (TPSA) is 38.6 Å². The van der Waals surface area contributed by atoms with Gasteiger partial charge in [-0.3, -0.25) is 9.12 Å². The second-order valence-corrected chi connectivity index (χ2v) is 8.92. The predicted molar refractivity (Wildman–Crippen MR) is 121 cm³/mol. The Balaban J connectivity index is 1.70. The van der Waals surface area contributed by atoms with Gasteiger partial charge in [0, 0.05) is 22.2 Å². The molecular formula is C24H24FN3OS. The fourth-order valence-electron chi connectivity index (χ4n) is 3.17. The molecule has 30 heavy (non-hydrogen) atoms. The first-order chi connectivity index (χ1) is 14.4. The van der Waals surface area contributed by atoms with E-state index in [1.165, 1.54) is 0 Å². The first-order valence-electron chi connectivity index (χ1n) is 9.71. The summed E-state index contributed by atoms with van der Waals surface area (Å²) < 4.78 is 25.7. The van der Waals surface area contributed by atoms with Crippen molar-refractivity contribution in [2.24, 2.45) is 0 Å². The van der Waals surface area contributed by atoms with Gasteiger partial charge in [0.25, 0.3) is 0 Å². The van der Waals surface area contributed by atoms with Crippen molar-refractivity contribution < 1.29 is 9.13 Å². The summed E-state index contributed by atoms with van der Waals surface area (Å²) in [5.41, 5.74) is 3.53. The van der Waals surface area contributed by atoms with Crippen molar-refractivity contribution in [3.05, 3.63) is 72.7 Å². The molecule has 2 heterocycles. The minimum absolute atomic E-state index is 0.0307. The van der Waals surface area contributed by atoms with E-state index in [0.29, 0.717) is 22.8 Å². The molecule has 0 fully saturated rings. The molecule has 154 valence electrons. The number of imidazole rings is 1. The van der Waals surface area contributed by atoms with Crippen LogP contribution in [0, 0.1) is 5.82 Å². The monoisotopic (exact) mass is 421 g/mol. The number of methoxy groups -OCH3 is 1. The number of hydrogen-bond acceptors (Lipinski definition) is 4. The van der Waals surface area contributed by atoms with Crippen LogP contribution in [0.2, 0.25) is 0 Å². The van der Waals surface area contributed by atoms with Crippen LogP contribution >= 0.6 is 11.9 Å². The fraction of sp³-hybridized carbons (Fsp3) is 0.208. The molecule has 2 aromatic carbocycles. The minimum atomic E-state index is -0.307. The van der Waals surface area contributed by atoms with Gasteiger partial charge in [0.1, 0.15) is 11.5 Å². The third kappa shape index (κ3) is 4.20. The lowest BCUT2D eigenvalue weighted by atomic mass is 10.0. The Bertz CT molecular complexity index is 1200. The molecule has 0 spiro atoms. The maximum absolute atomic E-state index is 15.1. The Morgan fingerprint density at radius 2 is 1.80 bits per heavy atom. The number of nitrogens with zero attached hydrogens (tertiary/aromatic N) is 2. The second-order valence-electron chi connectivity index (χ2n) is 8.07. The van der Waals surface area contributed by atoms with Crippen molar-refractivity contribution in [1.82, 2.24) is 14.1 Å². The normalized spacial score (nSPS) is 11.8. The third-order valence-corrected chi connectivity index (χ3v) is 5.86. The van der Waals surface area contributed by atoms with Gasteiger partial charge in [-0.1, -0.05) is 30.3 Å². The van der Waals surface area contributed by atoms with E-state index in [9.17, 15) is 0 Å². The Morgan fingerprint density at radius 1 is 1.00 bits per heavy atom. The summed E-state index contributed by atoms with van der Waals surface area (Å²) in [6, 6.07) is 18.9. The molecule has 0 aliphatic heterocycles. The van der Waals surface area contributed by atoms with E-state index in [-0.39, 0.29) is 11.4 Å². The quantitative estimate of drug-likeness (QED) is 0.389. The number of ether oxygens (including phenoxy) is 1. The van der Waals surface area contributed by atoms with Crippen molar-refractivity contribution >= 4 is 17.6 Å². The lowest BCUT2D eigenvalue weighted by Crippen LogP contribution is -2.29. The van der Waals surface area contributed by atoms with E-state index in [4.69, 9.17) is 4.74 Å². The number of hydrogen-bond donors (Lipinski definition) is 1. The summed E-state index contributed by atoms with van der Waals surface area (Å²) in [4.78, 5) is 5.61. The molecule has 0 aliphatic carbocycles. The highest BCUT2D eigenvalue weighted by Crippen LogP contribution is 2.34. The van der Waals surface area contributed by atoms with Crippen LogP contribution in [0.15, 0.2) is 71.8 Å². The van der Waals surface area contributed by atoms with Gasteiger partial charge in [0.15, 0.2) is 5.88 Å². The lowest BCUT2D eigenvalue weighted by molar-refractivity contribution is 0.392. The van der Waals surface area contributed by atoms with Crippen LogP contribution in [0.4, 0.5) is 4.39 Å². The summed E-state index contributed by atoms with van der Waals surface area (Å²) in [5.74, 6) is 0.346. The summed E-state index contributed by atoms with van der Waals surface area (Å²) in [6.45, 7) is 6.34. The predicted octanol–water partition coefficient (Wildman–Crippen LogP) is 6.21. The number of pyridine rings is 1. The number of rotatable bonds is 5. The molecule has 0 amide bonds. The molecule has 0 aliphatic rings. The summed E-state index contributed by atoms with van der Waals surface area (Å²) >= 11 is 1.56. The second kappa shape index (κ2) is 8.13. The zero-order valence-electron chi connectivity index (χ0n) is 17.4. The van der Waals surface area contributed by atoms with E-state index >= 15 is 4.39 Å². The number of nitrogens with one attached hydrogen (secondary N) is 1. The maximum atomic E-state index is 15.1. The van der Waals surface area contributed by atoms with Gasteiger partial charge >= 0.3 is 0 Å². The van der Waals surface area contributed by atoms with Gasteiger partial charge in [-0.2, -0.15) is 0 Å². The first-order valence-corrected chi connectivity index (χ1v) is 10.5. The number of benzene rings is 2.